The quantitative estimate of drug-likeness (QED) is 0.794. The molecule has 0 aliphatic heterocycles. The van der Waals surface area contributed by atoms with Gasteiger partial charge in [0.25, 0.3) is 5.91 Å². The molecular formula is C19H20FNO3. The minimum atomic E-state index is -0.416. The van der Waals surface area contributed by atoms with Gasteiger partial charge in [0.2, 0.25) is 0 Å². The number of amides is 1. The first-order valence-electron chi connectivity index (χ1n) is 7.83. The van der Waals surface area contributed by atoms with Crippen molar-refractivity contribution in [1.82, 2.24) is 5.32 Å². The fourth-order valence-corrected chi connectivity index (χ4v) is 2.32. The van der Waals surface area contributed by atoms with Crippen LogP contribution in [0, 0.1) is 5.82 Å². The average molecular weight is 329 g/mol. The highest BCUT2D eigenvalue weighted by molar-refractivity contribution is 5.83. The van der Waals surface area contributed by atoms with E-state index in [9.17, 15) is 14.0 Å². The molecule has 0 aromatic heterocycles. The number of hydrogen-bond donors (Lipinski definition) is 1. The van der Waals surface area contributed by atoms with E-state index in [2.05, 4.69) is 5.32 Å². The molecule has 1 amide bonds. The van der Waals surface area contributed by atoms with Gasteiger partial charge in [-0.15, -0.1) is 0 Å². The van der Waals surface area contributed by atoms with Gasteiger partial charge in [0.15, 0.2) is 6.61 Å². The zero-order chi connectivity index (χ0) is 17.4. The minimum Gasteiger partial charge on any atom is -0.455 e. The third-order valence-electron chi connectivity index (χ3n) is 3.64. The molecule has 0 aliphatic rings. The molecule has 1 atom stereocenters. The lowest BCUT2D eigenvalue weighted by molar-refractivity contribution is -0.150. The maximum Gasteiger partial charge on any atom is 0.313 e. The van der Waals surface area contributed by atoms with Gasteiger partial charge in [-0.25, -0.2) is 4.39 Å². The smallest absolute Gasteiger partial charge is 0.313 e. The highest BCUT2D eigenvalue weighted by atomic mass is 19.1. The lowest BCUT2D eigenvalue weighted by Crippen LogP contribution is -2.29. The monoisotopic (exact) mass is 329 g/mol. The van der Waals surface area contributed by atoms with E-state index < -0.39 is 11.9 Å². The van der Waals surface area contributed by atoms with Gasteiger partial charge in [0.05, 0.1) is 5.92 Å². The van der Waals surface area contributed by atoms with Crippen molar-refractivity contribution in [3.05, 3.63) is 71.5 Å². The molecule has 2 aromatic rings. The third kappa shape index (κ3) is 5.19. The van der Waals surface area contributed by atoms with Gasteiger partial charge in [-0.05, 0) is 29.7 Å². The van der Waals surface area contributed by atoms with E-state index in [4.69, 9.17) is 4.74 Å². The predicted octanol–water partition coefficient (Wildman–Crippen LogP) is 3.18. The molecule has 0 unspecified atom stereocenters. The first-order chi connectivity index (χ1) is 11.6. The third-order valence-corrected chi connectivity index (χ3v) is 3.64. The number of rotatable bonds is 7. The molecule has 0 fully saturated rings. The summed E-state index contributed by atoms with van der Waals surface area (Å²) < 4.78 is 17.9. The lowest BCUT2D eigenvalue weighted by Gasteiger charge is -2.14. The molecule has 0 saturated heterocycles. The molecule has 0 aliphatic carbocycles. The Labute approximate surface area is 140 Å². The van der Waals surface area contributed by atoms with Crippen LogP contribution in [0.3, 0.4) is 0 Å². The Bertz CT molecular complexity index is 671. The molecule has 0 bridgehead atoms. The molecule has 2 rings (SSSR count). The van der Waals surface area contributed by atoms with Crippen LogP contribution < -0.4 is 5.32 Å². The molecule has 5 heteroatoms. The summed E-state index contributed by atoms with van der Waals surface area (Å²) in [6.07, 6.45) is 0.597. The predicted molar refractivity (Wildman–Crippen MR) is 88.7 cm³/mol. The molecule has 4 nitrogen and oxygen atoms in total. The standard InChI is InChI=1S/C19H20FNO3/c1-2-17(15-6-4-3-5-7-15)19(23)24-13-18(22)21-12-14-8-10-16(20)11-9-14/h3-11,17H,2,12-13H2,1H3,(H,21,22)/t17-/m1/s1. The van der Waals surface area contributed by atoms with Crippen LogP contribution in [0.1, 0.15) is 30.4 Å². The fourth-order valence-electron chi connectivity index (χ4n) is 2.32. The Morgan fingerprint density at radius 3 is 2.38 bits per heavy atom. The Morgan fingerprint density at radius 1 is 1.08 bits per heavy atom. The summed E-state index contributed by atoms with van der Waals surface area (Å²) in [6, 6.07) is 15.2. The Kier molecular flexibility index (Phi) is 6.49. The number of ether oxygens (including phenoxy) is 1. The summed E-state index contributed by atoms with van der Waals surface area (Å²) in [5.41, 5.74) is 1.64. The van der Waals surface area contributed by atoms with Gasteiger partial charge in [0, 0.05) is 6.54 Å². The van der Waals surface area contributed by atoms with E-state index in [1.54, 1.807) is 12.1 Å². The first kappa shape index (κ1) is 17.7. The first-order valence-corrected chi connectivity index (χ1v) is 7.83. The fraction of sp³-hybridized carbons (Fsp3) is 0.263. The maximum absolute atomic E-state index is 12.8. The molecule has 24 heavy (non-hydrogen) atoms. The Balaban J connectivity index is 1.80. The van der Waals surface area contributed by atoms with Crippen LogP contribution in [0.25, 0.3) is 0 Å². The number of halogens is 1. The summed E-state index contributed by atoms with van der Waals surface area (Å²) in [4.78, 5) is 23.9. The number of benzene rings is 2. The van der Waals surface area contributed by atoms with Gasteiger partial charge >= 0.3 is 5.97 Å². The van der Waals surface area contributed by atoms with Crippen LogP contribution in [0.4, 0.5) is 4.39 Å². The highest BCUT2D eigenvalue weighted by Crippen LogP contribution is 2.20. The SMILES string of the molecule is CC[C@@H](C(=O)OCC(=O)NCc1ccc(F)cc1)c1ccccc1. The van der Waals surface area contributed by atoms with Crippen LogP contribution in [0.2, 0.25) is 0 Å². The summed E-state index contributed by atoms with van der Waals surface area (Å²) in [5, 5.41) is 2.63. The van der Waals surface area contributed by atoms with E-state index in [-0.39, 0.29) is 24.9 Å². The van der Waals surface area contributed by atoms with Crippen LogP contribution in [-0.2, 0) is 20.9 Å². The molecule has 0 heterocycles. The van der Waals surface area contributed by atoms with Gasteiger partial charge < -0.3 is 10.1 Å². The molecule has 0 saturated carbocycles. The second-order valence-corrected chi connectivity index (χ2v) is 5.38. The Hall–Kier alpha value is -2.69. The van der Waals surface area contributed by atoms with Crippen LogP contribution in [0.5, 0.6) is 0 Å². The van der Waals surface area contributed by atoms with Crippen molar-refractivity contribution in [1.29, 1.82) is 0 Å². The minimum absolute atomic E-state index is 0.257. The summed E-state index contributed by atoms with van der Waals surface area (Å²) in [7, 11) is 0. The van der Waals surface area contributed by atoms with Gasteiger partial charge in [0.1, 0.15) is 5.82 Å². The average Bonchev–Trinajstić information content (AvgIpc) is 2.61. The van der Waals surface area contributed by atoms with Crippen molar-refractivity contribution in [3.63, 3.8) is 0 Å². The second kappa shape index (κ2) is 8.82. The zero-order valence-electron chi connectivity index (χ0n) is 13.5. The van der Waals surface area contributed by atoms with Gasteiger partial charge in [-0.1, -0.05) is 49.4 Å². The van der Waals surface area contributed by atoms with Crippen molar-refractivity contribution < 1.29 is 18.7 Å². The van der Waals surface area contributed by atoms with E-state index in [0.29, 0.717) is 6.42 Å². The van der Waals surface area contributed by atoms with E-state index in [0.717, 1.165) is 11.1 Å². The molecular weight excluding hydrogens is 309 g/mol. The Morgan fingerprint density at radius 2 is 1.75 bits per heavy atom. The summed E-state index contributed by atoms with van der Waals surface area (Å²) in [6.45, 7) is 1.82. The normalized spacial score (nSPS) is 11.6. The molecule has 126 valence electrons. The van der Waals surface area contributed by atoms with E-state index >= 15 is 0 Å². The zero-order valence-corrected chi connectivity index (χ0v) is 13.5. The topological polar surface area (TPSA) is 55.4 Å². The molecule has 1 N–H and O–H groups in total. The number of hydrogen-bond acceptors (Lipinski definition) is 3. The molecule has 0 radical (unpaired) electrons. The van der Waals surface area contributed by atoms with E-state index in [1.807, 2.05) is 37.3 Å². The van der Waals surface area contributed by atoms with E-state index in [1.165, 1.54) is 12.1 Å². The van der Waals surface area contributed by atoms with Crippen LogP contribution in [-0.4, -0.2) is 18.5 Å². The second-order valence-electron chi connectivity index (χ2n) is 5.38. The van der Waals surface area contributed by atoms with Crippen LogP contribution >= 0.6 is 0 Å². The van der Waals surface area contributed by atoms with Crippen LogP contribution in [0.15, 0.2) is 54.6 Å². The number of nitrogens with one attached hydrogen (secondary N) is 1. The van der Waals surface area contributed by atoms with Crippen molar-refractivity contribution in [2.75, 3.05) is 6.61 Å². The van der Waals surface area contributed by atoms with Crippen molar-refractivity contribution >= 4 is 11.9 Å². The largest absolute Gasteiger partial charge is 0.455 e. The number of carbonyl (C=O) groups is 2. The summed E-state index contributed by atoms with van der Waals surface area (Å²) >= 11 is 0. The molecule has 0 spiro atoms. The summed E-state index contributed by atoms with van der Waals surface area (Å²) in [5.74, 6) is -1.52. The van der Waals surface area contributed by atoms with Crippen molar-refractivity contribution in [2.45, 2.75) is 25.8 Å². The molecule has 2 aromatic carbocycles. The van der Waals surface area contributed by atoms with Gasteiger partial charge in [-0.2, -0.15) is 0 Å². The number of carbonyl (C=O) groups excluding carboxylic acids is 2. The highest BCUT2D eigenvalue weighted by Gasteiger charge is 2.20. The maximum atomic E-state index is 12.8. The van der Waals surface area contributed by atoms with Gasteiger partial charge in [-0.3, -0.25) is 9.59 Å². The van der Waals surface area contributed by atoms with Crippen molar-refractivity contribution in [3.8, 4) is 0 Å². The van der Waals surface area contributed by atoms with Crippen molar-refractivity contribution in [2.24, 2.45) is 0 Å². The lowest BCUT2D eigenvalue weighted by atomic mass is 9.97. The number of esters is 1.